The lowest BCUT2D eigenvalue weighted by Gasteiger charge is -2.13. The van der Waals surface area contributed by atoms with Gasteiger partial charge in [0.15, 0.2) is 11.5 Å². The Morgan fingerprint density at radius 3 is 2.27 bits per heavy atom. The van der Waals surface area contributed by atoms with E-state index in [9.17, 15) is 18.0 Å². The van der Waals surface area contributed by atoms with Crippen LogP contribution in [0, 0.1) is 0 Å². The van der Waals surface area contributed by atoms with Gasteiger partial charge in [0.05, 0.1) is 36.7 Å². The van der Waals surface area contributed by atoms with Crippen LogP contribution >= 0.6 is 24.0 Å². The van der Waals surface area contributed by atoms with Crippen LogP contribution < -0.4 is 19.5 Å². The summed E-state index contributed by atoms with van der Waals surface area (Å²) in [7, 11) is 3.08. The van der Waals surface area contributed by atoms with E-state index in [4.69, 9.17) is 25.8 Å². The first-order chi connectivity index (χ1) is 17.2. The van der Waals surface area contributed by atoms with Crippen LogP contribution in [0.4, 0.5) is 18.9 Å². The van der Waals surface area contributed by atoms with Crippen LogP contribution in [0.5, 0.6) is 23.0 Å². The SMILES string of the molecule is COc1cc2nccc(Oc3ccc(NC(=O)Cc4ccc(Cl)c(C(F)(F)F)c4)cc3)c2cc1OC.Cl. The van der Waals surface area contributed by atoms with Crippen LogP contribution in [-0.2, 0) is 17.4 Å². The second kappa shape index (κ2) is 11.6. The van der Waals surface area contributed by atoms with E-state index in [0.717, 1.165) is 12.1 Å². The Bertz CT molecular complexity index is 1410. The van der Waals surface area contributed by atoms with E-state index in [1.54, 1.807) is 55.8 Å². The van der Waals surface area contributed by atoms with Gasteiger partial charge in [-0.3, -0.25) is 9.78 Å². The molecule has 4 aromatic rings. The van der Waals surface area contributed by atoms with Crippen molar-refractivity contribution in [1.82, 2.24) is 4.98 Å². The van der Waals surface area contributed by atoms with Gasteiger partial charge in [0.1, 0.15) is 11.5 Å². The number of halogens is 5. The molecule has 1 heterocycles. The number of amides is 1. The Kier molecular flexibility index (Phi) is 8.73. The lowest BCUT2D eigenvalue weighted by molar-refractivity contribution is -0.137. The third-order valence-electron chi connectivity index (χ3n) is 5.27. The number of pyridine rings is 1. The second-order valence-electron chi connectivity index (χ2n) is 7.70. The second-order valence-corrected chi connectivity index (χ2v) is 8.10. The van der Waals surface area contributed by atoms with Crippen LogP contribution in [0.3, 0.4) is 0 Å². The zero-order chi connectivity index (χ0) is 25.9. The minimum absolute atomic E-state index is 0. The van der Waals surface area contributed by atoms with Gasteiger partial charge in [-0.1, -0.05) is 17.7 Å². The van der Waals surface area contributed by atoms with Crippen molar-refractivity contribution in [3.05, 3.63) is 83.0 Å². The number of aromatic nitrogens is 1. The minimum Gasteiger partial charge on any atom is -0.493 e. The first kappa shape index (κ1) is 27.9. The van der Waals surface area contributed by atoms with E-state index >= 15 is 0 Å². The molecule has 0 radical (unpaired) electrons. The molecule has 3 aromatic carbocycles. The molecule has 4 rings (SSSR count). The summed E-state index contributed by atoms with van der Waals surface area (Å²) in [6.45, 7) is 0. The van der Waals surface area contributed by atoms with E-state index in [0.29, 0.717) is 39.6 Å². The highest BCUT2D eigenvalue weighted by Crippen LogP contribution is 2.37. The Morgan fingerprint density at radius 2 is 1.62 bits per heavy atom. The first-order valence-corrected chi connectivity index (χ1v) is 11.0. The molecule has 0 aliphatic carbocycles. The lowest BCUT2D eigenvalue weighted by Crippen LogP contribution is -2.15. The molecule has 0 saturated heterocycles. The molecule has 6 nitrogen and oxygen atoms in total. The van der Waals surface area contributed by atoms with Crippen molar-refractivity contribution in [2.24, 2.45) is 0 Å². The van der Waals surface area contributed by atoms with Crippen molar-refractivity contribution < 1.29 is 32.2 Å². The molecular weight excluding hydrogens is 532 g/mol. The average Bonchev–Trinajstić information content (AvgIpc) is 2.85. The molecular formula is C26H21Cl2F3N2O4. The number of carbonyl (C=O) groups is 1. The molecule has 0 unspecified atom stereocenters. The number of alkyl halides is 3. The molecule has 0 aliphatic heterocycles. The van der Waals surface area contributed by atoms with Crippen molar-refractivity contribution in [1.29, 1.82) is 0 Å². The van der Waals surface area contributed by atoms with Gasteiger partial charge in [-0.2, -0.15) is 13.2 Å². The highest BCUT2D eigenvalue weighted by Gasteiger charge is 2.33. The maximum absolute atomic E-state index is 13.1. The Morgan fingerprint density at radius 1 is 0.946 bits per heavy atom. The summed E-state index contributed by atoms with van der Waals surface area (Å²) in [4.78, 5) is 16.7. The first-order valence-electron chi connectivity index (χ1n) is 10.6. The zero-order valence-electron chi connectivity index (χ0n) is 19.6. The van der Waals surface area contributed by atoms with Crippen LogP contribution in [0.25, 0.3) is 10.9 Å². The van der Waals surface area contributed by atoms with Gasteiger partial charge in [0.2, 0.25) is 5.91 Å². The maximum atomic E-state index is 13.1. The third-order valence-corrected chi connectivity index (χ3v) is 5.60. The zero-order valence-corrected chi connectivity index (χ0v) is 21.1. The number of ether oxygens (including phenoxy) is 3. The van der Waals surface area contributed by atoms with E-state index in [-0.39, 0.29) is 24.4 Å². The van der Waals surface area contributed by atoms with Crippen LogP contribution in [-0.4, -0.2) is 25.1 Å². The molecule has 0 aliphatic rings. The summed E-state index contributed by atoms with van der Waals surface area (Å²) in [5.41, 5.74) is 0.338. The molecule has 0 spiro atoms. The Balaban J connectivity index is 0.00000380. The monoisotopic (exact) mass is 552 g/mol. The lowest BCUT2D eigenvalue weighted by atomic mass is 10.1. The minimum atomic E-state index is -4.60. The van der Waals surface area contributed by atoms with Crippen molar-refractivity contribution in [3.8, 4) is 23.0 Å². The third kappa shape index (κ3) is 6.55. The molecule has 1 N–H and O–H groups in total. The molecule has 0 bridgehead atoms. The fourth-order valence-electron chi connectivity index (χ4n) is 3.56. The number of nitrogens with one attached hydrogen (secondary N) is 1. The van der Waals surface area contributed by atoms with Gasteiger partial charge < -0.3 is 19.5 Å². The summed E-state index contributed by atoms with van der Waals surface area (Å²) in [5.74, 6) is 1.65. The molecule has 1 amide bonds. The highest BCUT2D eigenvalue weighted by atomic mass is 35.5. The van der Waals surface area contributed by atoms with Crippen molar-refractivity contribution in [2.75, 3.05) is 19.5 Å². The van der Waals surface area contributed by atoms with Crippen LogP contribution in [0.15, 0.2) is 66.9 Å². The van der Waals surface area contributed by atoms with E-state index in [2.05, 4.69) is 10.3 Å². The quantitative estimate of drug-likeness (QED) is 0.260. The molecule has 37 heavy (non-hydrogen) atoms. The van der Waals surface area contributed by atoms with Crippen molar-refractivity contribution >= 4 is 46.5 Å². The predicted molar refractivity (Wildman–Crippen MR) is 137 cm³/mol. The van der Waals surface area contributed by atoms with Gasteiger partial charge in [-0.15, -0.1) is 12.4 Å². The molecule has 11 heteroatoms. The average molecular weight is 553 g/mol. The van der Waals surface area contributed by atoms with Gasteiger partial charge >= 0.3 is 6.18 Å². The molecule has 0 atom stereocenters. The fraction of sp³-hybridized carbons (Fsp3) is 0.154. The molecule has 194 valence electrons. The number of hydrogen-bond acceptors (Lipinski definition) is 5. The van der Waals surface area contributed by atoms with E-state index < -0.39 is 22.7 Å². The molecule has 0 saturated carbocycles. The highest BCUT2D eigenvalue weighted by molar-refractivity contribution is 6.31. The number of nitrogens with zero attached hydrogens (tertiary/aromatic N) is 1. The maximum Gasteiger partial charge on any atom is 0.417 e. The van der Waals surface area contributed by atoms with Crippen LogP contribution in [0.1, 0.15) is 11.1 Å². The summed E-state index contributed by atoms with van der Waals surface area (Å²) in [6.07, 6.45) is -3.23. The number of anilines is 1. The summed E-state index contributed by atoms with van der Waals surface area (Å²) in [6, 6.07) is 15.2. The normalized spacial score (nSPS) is 11.0. The summed E-state index contributed by atoms with van der Waals surface area (Å²) in [5, 5.41) is 2.96. The number of fused-ring (bicyclic) bond motifs is 1. The number of hydrogen-bond donors (Lipinski definition) is 1. The van der Waals surface area contributed by atoms with E-state index in [1.165, 1.54) is 13.2 Å². The molecule has 1 aromatic heterocycles. The summed E-state index contributed by atoms with van der Waals surface area (Å²) < 4.78 is 55.8. The van der Waals surface area contributed by atoms with Gasteiger partial charge in [-0.05, 0) is 54.1 Å². The van der Waals surface area contributed by atoms with Crippen LogP contribution in [0.2, 0.25) is 5.02 Å². The number of methoxy groups -OCH3 is 2. The Hall–Kier alpha value is -3.69. The Labute approximate surface area is 221 Å². The fourth-order valence-corrected chi connectivity index (χ4v) is 3.78. The number of rotatable bonds is 7. The topological polar surface area (TPSA) is 69.7 Å². The standard InChI is InChI=1S/C26H20ClF3N2O4.ClH/c1-34-23-13-18-21(14-24(23)35-2)31-10-9-22(18)36-17-6-4-16(5-7-17)32-25(33)12-15-3-8-20(27)19(11-15)26(28,29)30;/h3-11,13-14H,12H2,1-2H3,(H,32,33);1H. The van der Waals surface area contributed by atoms with Gasteiger partial charge in [-0.25, -0.2) is 0 Å². The van der Waals surface area contributed by atoms with Crippen molar-refractivity contribution in [3.63, 3.8) is 0 Å². The number of carbonyl (C=O) groups excluding carboxylic acids is 1. The van der Waals surface area contributed by atoms with E-state index in [1.807, 2.05) is 0 Å². The van der Waals surface area contributed by atoms with Crippen molar-refractivity contribution in [2.45, 2.75) is 12.6 Å². The summed E-state index contributed by atoms with van der Waals surface area (Å²) >= 11 is 5.63. The van der Waals surface area contributed by atoms with Gasteiger partial charge in [0, 0.05) is 23.3 Å². The number of benzene rings is 3. The largest absolute Gasteiger partial charge is 0.493 e. The predicted octanol–water partition coefficient (Wildman–Crippen LogP) is 7.32. The van der Waals surface area contributed by atoms with Gasteiger partial charge in [0.25, 0.3) is 0 Å². The molecule has 0 fully saturated rings. The smallest absolute Gasteiger partial charge is 0.417 e.